The number of methoxy groups -OCH3 is 3. The summed E-state index contributed by atoms with van der Waals surface area (Å²) in [6, 6.07) is 3.80. The Labute approximate surface area is 186 Å². The molecule has 11 nitrogen and oxygen atoms in total. The maximum absolute atomic E-state index is 13.1. The van der Waals surface area contributed by atoms with Gasteiger partial charge in [-0.1, -0.05) is 6.07 Å². The maximum Gasteiger partial charge on any atom is 0.307 e. The molecule has 0 aliphatic carbocycles. The van der Waals surface area contributed by atoms with Crippen molar-refractivity contribution in [3.05, 3.63) is 40.2 Å². The smallest absolute Gasteiger partial charge is 0.307 e. The average Bonchev–Trinajstić information content (AvgIpc) is 3.30. The van der Waals surface area contributed by atoms with Crippen LogP contribution < -0.4 is 14.2 Å². The highest BCUT2D eigenvalue weighted by molar-refractivity contribution is 5.83. The van der Waals surface area contributed by atoms with Crippen LogP contribution in [0.1, 0.15) is 19.4 Å². The van der Waals surface area contributed by atoms with Crippen LogP contribution in [0.3, 0.4) is 0 Å². The summed E-state index contributed by atoms with van der Waals surface area (Å²) >= 11 is 0. The van der Waals surface area contributed by atoms with E-state index in [2.05, 4.69) is 10.00 Å². The topological polar surface area (TPSA) is 112 Å². The van der Waals surface area contributed by atoms with Gasteiger partial charge in [0.05, 0.1) is 26.3 Å². The first-order valence-corrected chi connectivity index (χ1v) is 10.2. The Morgan fingerprint density at radius 1 is 1.09 bits per heavy atom. The predicted molar refractivity (Wildman–Crippen MR) is 116 cm³/mol. The summed E-state index contributed by atoms with van der Waals surface area (Å²) in [5.41, 5.74) is -0.197. The first-order chi connectivity index (χ1) is 15.2. The number of benzene rings is 1. The number of hydrogen-bond donors (Lipinski definition) is 0. The summed E-state index contributed by atoms with van der Waals surface area (Å²) in [6.07, 6.45) is 2.45. The van der Waals surface area contributed by atoms with Crippen LogP contribution in [0.2, 0.25) is 0 Å². The largest absolute Gasteiger partial charge is 0.493 e. The lowest BCUT2D eigenvalue weighted by Gasteiger charge is -2.38. The highest BCUT2D eigenvalue weighted by Crippen LogP contribution is 2.40. The second kappa shape index (κ2) is 9.43. The van der Waals surface area contributed by atoms with Gasteiger partial charge in [0.2, 0.25) is 11.7 Å². The summed E-state index contributed by atoms with van der Waals surface area (Å²) in [7, 11) is 4.75. The highest BCUT2D eigenvalue weighted by Gasteiger charge is 2.37. The minimum Gasteiger partial charge on any atom is -0.493 e. The molecule has 0 bridgehead atoms. The van der Waals surface area contributed by atoms with Crippen LogP contribution in [0.15, 0.2) is 24.5 Å². The minimum atomic E-state index is -1.02. The summed E-state index contributed by atoms with van der Waals surface area (Å²) in [5, 5.41) is 15.0. The van der Waals surface area contributed by atoms with Crippen molar-refractivity contribution in [2.45, 2.75) is 25.9 Å². The zero-order chi connectivity index (χ0) is 23.5. The summed E-state index contributed by atoms with van der Waals surface area (Å²) in [5.74, 6) is 1.66. The third-order valence-corrected chi connectivity index (χ3v) is 5.72. The second-order valence-electron chi connectivity index (χ2n) is 8.02. The molecule has 1 saturated heterocycles. The van der Waals surface area contributed by atoms with Crippen LogP contribution in [-0.2, 0) is 16.9 Å². The van der Waals surface area contributed by atoms with Crippen molar-refractivity contribution >= 4 is 11.6 Å². The molecule has 174 valence electrons. The molecule has 2 aromatic rings. The van der Waals surface area contributed by atoms with E-state index in [0.717, 1.165) is 11.8 Å². The SMILES string of the molecule is COc1ccc(CN2CCN(C(=O)C(C)(C)n3cc([N+](=O)[O-])cn3)CC2)c(OC)c1OC. The molecule has 32 heavy (non-hydrogen) atoms. The molecule has 1 aromatic carbocycles. The van der Waals surface area contributed by atoms with Gasteiger partial charge in [0.1, 0.15) is 17.9 Å². The van der Waals surface area contributed by atoms with Crippen LogP contribution in [0.4, 0.5) is 5.69 Å². The fraction of sp³-hybridized carbons (Fsp3) is 0.524. The first-order valence-electron chi connectivity index (χ1n) is 10.2. The van der Waals surface area contributed by atoms with Crippen molar-refractivity contribution in [3.63, 3.8) is 0 Å². The number of carbonyl (C=O) groups is 1. The van der Waals surface area contributed by atoms with Crippen LogP contribution in [-0.4, -0.2) is 77.9 Å². The second-order valence-corrected chi connectivity index (χ2v) is 8.02. The van der Waals surface area contributed by atoms with Crippen LogP contribution in [0.5, 0.6) is 17.2 Å². The third-order valence-electron chi connectivity index (χ3n) is 5.72. The Bertz CT molecular complexity index is 981. The lowest BCUT2D eigenvalue weighted by Crippen LogP contribution is -2.54. The van der Waals surface area contributed by atoms with Gasteiger partial charge in [0.15, 0.2) is 11.5 Å². The summed E-state index contributed by atoms with van der Waals surface area (Å²) in [6.45, 7) is 6.51. The third kappa shape index (κ3) is 4.47. The maximum atomic E-state index is 13.1. The van der Waals surface area contributed by atoms with Crippen molar-refractivity contribution in [3.8, 4) is 17.2 Å². The standard InChI is InChI=1S/C21H29N5O6/c1-21(2,25-14-16(12-22-25)26(28)29)20(27)24-10-8-23(9-11-24)13-15-6-7-17(30-3)19(32-5)18(15)31-4/h6-7,12,14H,8-11,13H2,1-5H3. The highest BCUT2D eigenvalue weighted by atomic mass is 16.6. The number of ether oxygens (including phenoxy) is 3. The summed E-state index contributed by atoms with van der Waals surface area (Å²) in [4.78, 5) is 27.6. The molecule has 0 spiro atoms. The van der Waals surface area contributed by atoms with E-state index in [1.807, 2.05) is 12.1 Å². The van der Waals surface area contributed by atoms with Gasteiger partial charge in [-0.2, -0.15) is 5.10 Å². The van der Waals surface area contributed by atoms with Gasteiger partial charge in [-0.05, 0) is 19.9 Å². The zero-order valence-corrected chi connectivity index (χ0v) is 19.0. The number of amides is 1. The number of hydrogen-bond acceptors (Lipinski definition) is 8. The molecule has 3 rings (SSSR count). The van der Waals surface area contributed by atoms with Gasteiger partial charge in [-0.25, -0.2) is 0 Å². The van der Waals surface area contributed by atoms with E-state index in [1.165, 1.54) is 10.9 Å². The van der Waals surface area contributed by atoms with Crippen molar-refractivity contribution in [1.29, 1.82) is 0 Å². The van der Waals surface area contributed by atoms with Crippen LogP contribution >= 0.6 is 0 Å². The quantitative estimate of drug-likeness (QED) is 0.445. The van der Waals surface area contributed by atoms with E-state index < -0.39 is 10.5 Å². The van der Waals surface area contributed by atoms with Gasteiger partial charge in [0.25, 0.3) is 0 Å². The normalized spacial score (nSPS) is 14.8. The van der Waals surface area contributed by atoms with Gasteiger partial charge in [0, 0.05) is 38.3 Å². The molecule has 11 heteroatoms. The van der Waals surface area contributed by atoms with E-state index in [4.69, 9.17) is 14.2 Å². The first kappa shape index (κ1) is 23.3. The average molecular weight is 447 g/mol. The number of nitrogens with zero attached hydrogens (tertiary/aromatic N) is 5. The molecule has 1 aromatic heterocycles. The fourth-order valence-corrected chi connectivity index (χ4v) is 3.84. The van der Waals surface area contributed by atoms with Crippen molar-refractivity contribution in [1.82, 2.24) is 19.6 Å². The fourth-order valence-electron chi connectivity index (χ4n) is 3.84. The van der Waals surface area contributed by atoms with E-state index in [0.29, 0.717) is 50.0 Å². The lowest BCUT2D eigenvalue weighted by molar-refractivity contribution is -0.385. The monoisotopic (exact) mass is 447 g/mol. The molecular formula is C21H29N5O6. The Balaban J connectivity index is 1.66. The van der Waals surface area contributed by atoms with Gasteiger partial charge >= 0.3 is 5.69 Å². The minimum absolute atomic E-state index is 0.126. The van der Waals surface area contributed by atoms with Gasteiger partial charge in [-0.15, -0.1) is 0 Å². The molecule has 1 aliphatic rings. The number of rotatable bonds is 8. The van der Waals surface area contributed by atoms with Gasteiger partial charge in [-0.3, -0.25) is 24.5 Å². The van der Waals surface area contributed by atoms with E-state index in [9.17, 15) is 14.9 Å². The molecule has 0 unspecified atom stereocenters. The van der Waals surface area contributed by atoms with Gasteiger partial charge < -0.3 is 19.1 Å². The molecule has 1 amide bonds. The number of piperazine rings is 1. The lowest BCUT2D eigenvalue weighted by atomic mass is 10.0. The Kier molecular flexibility index (Phi) is 6.87. The molecule has 0 saturated carbocycles. The number of aromatic nitrogens is 2. The molecule has 0 radical (unpaired) electrons. The van der Waals surface area contributed by atoms with Crippen molar-refractivity contribution in [2.75, 3.05) is 47.5 Å². The number of carbonyl (C=O) groups excluding carboxylic acids is 1. The van der Waals surface area contributed by atoms with E-state index in [1.54, 1.807) is 40.1 Å². The van der Waals surface area contributed by atoms with Crippen LogP contribution in [0, 0.1) is 10.1 Å². The molecule has 1 aliphatic heterocycles. The molecule has 1 fully saturated rings. The summed E-state index contributed by atoms with van der Waals surface area (Å²) < 4.78 is 17.7. The molecule has 0 N–H and O–H groups in total. The molecule has 2 heterocycles. The van der Waals surface area contributed by atoms with E-state index >= 15 is 0 Å². The van der Waals surface area contributed by atoms with Crippen molar-refractivity contribution < 1.29 is 23.9 Å². The molecule has 0 atom stereocenters. The zero-order valence-electron chi connectivity index (χ0n) is 19.0. The Hall–Kier alpha value is -3.34. The predicted octanol–water partition coefficient (Wildman–Crippen LogP) is 1.90. The molecular weight excluding hydrogens is 418 g/mol. The van der Waals surface area contributed by atoms with E-state index in [-0.39, 0.29) is 11.6 Å². The Morgan fingerprint density at radius 2 is 1.75 bits per heavy atom. The Morgan fingerprint density at radius 3 is 2.28 bits per heavy atom. The number of nitro groups is 1. The van der Waals surface area contributed by atoms with Crippen LogP contribution in [0.25, 0.3) is 0 Å². The van der Waals surface area contributed by atoms with Crippen molar-refractivity contribution in [2.24, 2.45) is 0 Å².